The van der Waals surface area contributed by atoms with Crippen LogP contribution in [-0.2, 0) is 19.1 Å². The fourth-order valence-corrected chi connectivity index (χ4v) is 4.60. The van der Waals surface area contributed by atoms with Crippen LogP contribution in [-0.4, -0.2) is 30.9 Å². The van der Waals surface area contributed by atoms with Crippen LogP contribution in [0.15, 0.2) is 65.1 Å². The highest BCUT2D eigenvalue weighted by atomic mass is 79.9. The number of hydrogen-bond acceptors (Lipinski definition) is 5. The van der Waals surface area contributed by atoms with Crippen molar-refractivity contribution in [1.29, 1.82) is 0 Å². The first-order chi connectivity index (χ1) is 18.1. The quantitative estimate of drug-likeness (QED) is 0.286. The van der Waals surface area contributed by atoms with Gasteiger partial charge in [-0.05, 0) is 88.4 Å². The summed E-state index contributed by atoms with van der Waals surface area (Å²) in [5.41, 5.74) is 3.37. The lowest BCUT2D eigenvalue weighted by molar-refractivity contribution is -0.151. The van der Waals surface area contributed by atoms with Crippen LogP contribution in [0, 0.1) is 12.8 Å². The Morgan fingerprint density at radius 1 is 1.11 bits per heavy atom. The number of aryl methyl sites for hydroxylation is 1. The van der Waals surface area contributed by atoms with Gasteiger partial charge in [0.25, 0.3) is 5.91 Å². The van der Waals surface area contributed by atoms with E-state index in [9.17, 15) is 14.4 Å². The molecule has 0 spiro atoms. The first-order valence-electron chi connectivity index (χ1n) is 12.2. The molecule has 1 N–H and O–H groups in total. The van der Waals surface area contributed by atoms with E-state index in [1.54, 1.807) is 47.4 Å². The van der Waals surface area contributed by atoms with E-state index in [2.05, 4.69) is 47.2 Å². The lowest BCUT2D eigenvalue weighted by Gasteiger charge is -2.18. The highest BCUT2D eigenvalue weighted by Gasteiger charge is 2.36. The first-order valence-corrected chi connectivity index (χ1v) is 13.4. The molecule has 7 nitrogen and oxygen atoms in total. The molecule has 1 aliphatic heterocycles. The zero-order chi connectivity index (χ0) is 27.4. The Bertz CT molecular complexity index is 1360. The molecule has 3 aromatic rings. The summed E-state index contributed by atoms with van der Waals surface area (Å²) < 4.78 is 12.0. The maximum atomic E-state index is 12.7. The molecule has 198 valence electrons. The van der Waals surface area contributed by atoms with Gasteiger partial charge in [0, 0.05) is 28.8 Å². The molecule has 1 heterocycles. The van der Waals surface area contributed by atoms with Crippen LogP contribution in [0.3, 0.4) is 0 Å². The third-order valence-corrected chi connectivity index (χ3v) is 7.41. The molecule has 0 bridgehead atoms. The summed E-state index contributed by atoms with van der Waals surface area (Å²) in [6.45, 7) is 5.97. The number of carbonyl (C=O) groups excluding carboxylic acids is 3. The second-order valence-electron chi connectivity index (χ2n) is 9.48. The van der Waals surface area contributed by atoms with Crippen molar-refractivity contribution < 1.29 is 23.9 Å². The Kier molecular flexibility index (Phi) is 8.74. The Morgan fingerprint density at radius 3 is 2.53 bits per heavy atom. The van der Waals surface area contributed by atoms with E-state index in [1.807, 2.05) is 13.0 Å². The van der Waals surface area contributed by atoms with E-state index in [0.717, 1.165) is 16.9 Å². The van der Waals surface area contributed by atoms with Crippen LogP contribution in [0.1, 0.15) is 37.3 Å². The van der Waals surface area contributed by atoms with Crippen molar-refractivity contribution in [1.82, 2.24) is 0 Å². The fraction of sp³-hybridized carbons (Fsp3) is 0.276. The lowest BCUT2D eigenvalue weighted by Crippen LogP contribution is -2.28. The molecule has 1 aliphatic rings. The molecule has 3 aromatic carbocycles. The van der Waals surface area contributed by atoms with Crippen molar-refractivity contribution in [2.75, 3.05) is 23.4 Å². The minimum Gasteiger partial charge on any atom is -0.457 e. The average molecular weight is 600 g/mol. The van der Waals surface area contributed by atoms with Crippen molar-refractivity contribution >= 4 is 56.7 Å². The molecular weight excluding hydrogens is 572 g/mol. The number of amides is 2. The predicted octanol–water partition coefficient (Wildman–Crippen LogP) is 6.86. The highest BCUT2D eigenvalue weighted by molar-refractivity contribution is 9.10. The third-order valence-electron chi connectivity index (χ3n) is 6.17. The lowest BCUT2D eigenvalue weighted by atomic mass is 10.0. The van der Waals surface area contributed by atoms with Gasteiger partial charge in [-0.25, -0.2) is 0 Å². The number of rotatable bonds is 8. The minimum absolute atomic E-state index is 0.0159. The summed E-state index contributed by atoms with van der Waals surface area (Å²) in [5, 5.41) is 3.07. The maximum absolute atomic E-state index is 12.7. The molecule has 9 heteroatoms. The molecule has 2 amide bonds. The van der Waals surface area contributed by atoms with Gasteiger partial charge in [0.1, 0.15) is 11.5 Å². The Labute approximate surface area is 235 Å². The number of anilines is 2. The summed E-state index contributed by atoms with van der Waals surface area (Å²) in [7, 11) is 0. The van der Waals surface area contributed by atoms with Gasteiger partial charge in [0.05, 0.1) is 10.9 Å². The summed E-state index contributed by atoms with van der Waals surface area (Å²) in [6, 6.07) is 18.3. The molecule has 0 unspecified atom stereocenters. The number of nitrogens with zero attached hydrogens (tertiary/aromatic N) is 1. The molecule has 38 heavy (non-hydrogen) atoms. The van der Waals surface area contributed by atoms with Gasteiger partial charge in [-0.15, -0.1) is 0 Å². The number of esters is 1. The Hall–Kier alpha value is -3.36. The third kappa shape index (κ3) is 6.74. The topological polar surface area (TPSA) is 84.9 Å². The summed E-state index contributed by atoms with van der Waals surface area (Å²) in [4.78, 5) is 39.0. The number of halogens is 2. The molecule has 1 fully saturated rings. The fourth-order valence-electron chi connectivity index (χ4n) is 4.17. The van der Waals surface area contributed by atoms with Gasteiger partial charge in [0.2, 0.25) is 5.91 Å². The summed E-state index contributed by atoms with van der Waals surface area (Å²) in [5.74, 6) is -0.158. The Morgan fingerprint density at radius 2 is 1.84 bits per heavy atom. The molecule has 0 aromatic heterocycles. The zero-order valence-corrected chi connectivity index (χ0v) is 23.6. The van der Waals surface area contributed by atoms with Gasteiger partial charge >= 0.3 is 5.97 Å². The molecule has 4 rings (SSSR count). The average Bonchev–Trinajstić information content (AvgIpc) is 3.27. The van der Waals surface area contributed by atoms with E-state index < -0.39 is 24.4 Å². The number of ether oxygens (including phenoxy) is 2. The number of benzene rings is 3. The first kappa shape index (κ1) is 27.7. The number of hydrogen-bond donors (Lipinski definition) is 1. The molecular formula is C29H28BrClN2O5. The monoisotopic (exact) mass is 598 g/mol. The van der Waals surface area contributed by atoms with Gasteiger partial charge < -0.3 is 19.7 Å². The highest BCUT2D eigenvalue weighted by Crippen LogP contribution is 2.33. The SMILES string of the molecule is Cc1ccc(C(C)C)c(Oc2ccc(N3C[C@H](C(=O)OCC(=O)Nc4ccc(Br)c(Cl)c4)CC3=O)cc2)c1. The molecule has 0 aliphatic carbocycles. The van der Waals surface area contributed by atoms with Crippen LogP contribution in [0.4, 0.5) is 11.4 Å². The number of carbonyl (C=O) groups is 3. The molecule has 0 saturated carbocycles. The normalized spacial score (nSPS) is 15.1. The summed E-state index contributed by atoms with van der Waals surface area (Å²) in [6.07, 6.45) is 0.0159. The van der Waals surface area contributed by atoms with Crippen molar-refractivity contribution in [2.24, 2.45) is 5.92 Å². The molecule has 1 atom stereocenters. The molecule has 1 saturated heterocycles. The van der Waals surface area contributed by atoms with Crippen LogP contribution in [0.2, 0.25) is 5.02 Å². The number of nitrogens with one attached hydrogen (secondary N) is 1. The zero-order valence-electron chi connectivity index (χ0n) is 21.3. The largest absolute Gasteiger partial charge is 0.457 e. The second-order valence-corrected chi connectivity index (χ2v) is 10.7. The van der Waals surface area contributed by atoms with E-state index in [4.69, 9.17) is 21.1 Å². The van der Waals surface area contributed by atoms with Crippen LogP contribution in [0.25, 0.3) is 0 Å². The Balaban J connectivity index is 1.32. The van der Waals surface area contributed by atoms with Crippen LogP contribution < -0.4 is 15.0 Å². The van der Waals surface area contributed by atoms with E-state index in [1.165, 1.54) is 0 Å². The van der Waals surface area contributed by atoms with Crippen molar-refractivity contribution in [3.05, 3.63) is 81.3 Å². The van der Waals surface area contributed by atoms with Crippen molar-refractivity contribution in [2.45, 2.75) is 33.1 Å². The standard InChI is InChI=1S/C29H28BrClN2O5/c1-17(2)23-10-4-18(3)12-26(23)38-22-8-6-21(7-9-22)33-15-19(13-28(33)35)29(36)37-16-27(34)32-20-5-11-24(30)25(31)14-20/h4-12,14,17,19H,13,15-16H2,1-3H3,(H,32,34)/t19-/m1/s1. The van der Waals surface area contributed by atoms with Crippen molar-refractivity contribution in [3.8, 4) is 11.5 Å². The smallest absolute Gasteiger partial charge is 0.311 e. The van der Waals surface area contributed by atoms with Crippen molar-refractivity contribution in [3.63, 3.8) is 0 Å². The van der Waals surface area contributed by atoms with Gasteiger partial charge in [0.15, 0.2) is 6.61 Å². The van der Waals surface area contributed by atoms with Gasteiger partial charge in [-0.1, -0.05) is 37.6 Å². The second kappa shape index (κ2) is 12.0. The van der Waals surface area contributed by atoms with E-state index in [0.29, 0.717) is 32.5 Å². The van der Waals surface area contributed by atoms with E-state index >= 15 is 0 Å². The van der Waals surface area contributed by atoms with Gasteiger partial charge in [-0.3, -0.25) is 14.4 Å². The predicted molar refractivity (Wildman–Crippen MR) is 151 cm³/mol. The summed E-state index contributed by atoms with van der Waals surface area (Å²) >= 11 is 9.31. The van der Waals surface area contributed by atoms with Gasteiger partial charge in [-0.2, -0.15) is 0 Å². The van der Waals surface area contributed by atoms with Crippen LogP contribution >= 0.6 is 27.5 Å². The van der Waals surface area contributed by atoms with Crippen LogP contribution in [0.5, 0.6) is 11.5 Å². The van der Waals surface area contributed by atoms with E-state index in [-0.39, 0.29) is 18.9 Å². The molecule has 0 radical (unpaired) electrons. The minimum atomic E-state index is -0.658. The maximum Gasteiger partial charge on any atom is 0.311 e.